The molecule has 186 valence electrons. The predicted octanol–water partition coefficient (Wildman–Crippen LogP) is 4.71. The van der Waals surface area contributed by atoms with Crippen LogP contribution in [0.1, 0.15) is 62.5 Å². The average Bonchev–Trinajstić information content (AvgIpc) is 3.30. The molecule has 2 aromatic heterocycles. The highest BCUT2D eigenvalue weighted by molar-refractivity contribution is 5.95. The molecule has 35 heavy (non-hydrogen) atoms. The van der Waals surface area contributed by atoms with Crippen LogP contribution in [0.2, 0.25) is 0 Å². The molecule has 2 fully saturated rings. The summed E-state index contributed by atoms with van der Waals surface area (Å²) in [7, 11) is 0. The standard InChI is InChI=1S/C26H32N6O2.CH4/c1-4-18-13-19(15-27)24-22(14-18)16(2)23(26-28-17(3)31-34-26)25(30-24)32-9-5-20(6-10-32)29-21-7-11-33-12-8-21;/h13-14,20-21,29H,4-12H2,1-3H3;1H4. The maximum Gasteiger partial charge on any atom is 0.261 e. The summed E-state index contributed by atoms with van der Waals surface area (Å²) < 4.78 is 11.1. The lowest BCUT2D eigenvalue weighted by atomic mass is 9.96. The molecule has 8 nitrogen and oxygen atoms in total. The third-order valence-electron chi connectivity index (χ3n) is 7.15. The van der Waals surface area contributed by atoms with Crippen molar-refractivity contribution in [3.8, 4) is 17.5 Å². The largest absolute Gasteiger partial charge is 0.381 e. The summed E-state index contributed by atoms with van der Waals surface area (Å²) in [6, 6.07) is 7.51. The van der Waals surface area contributed by atoms with Crippen LogP contribution < -0.4 is 10.2 Å². The quantitative estimate of drug-likeness (QED) is 0.565. The Labute approximate surface area is 207 Å². The Hall–Kier alpha value is -3.02. The Balaban J connectivity index is 0.00000289. The maximum absolute atomic E-state index is 9.87. The van der Waals surface area contributed by atoms with E-state index in [1.54, 1.807) is 0 Å². The summed E-state index contributed by atoms with van der Waals surface area (Å²) in [5, 5.41) is 18.7. The number of aryl methyl sites for hydroxylation is 3. The van der Waals surface area contributed by atoms with Crippen molar-refractivity contribution in [3.63, 3.8) is 0 Å². The fraction of sp³-hybridized carbons (Fsp3) is 0.556. The number of hydrogen-bond acceptors (Lipinski definition) is 8. The van der Waals surface area contributed by atoms with E-state index in [-0.39, 0.29) is 7.43 Å². The van der Waals surface area contributed by atoms with E-state index in [2.05, 4.69) is 46.3 Å². The molecule has 0 amide bonds. The molecule has 4 heterocycles. The zero-order valence-electron chi connectivity index (χ0n) is 20.2. The van der Waals surface area contributed by atoms with E-state index < -0.39 is 0 Å². The molecule has 2 saturated heterocycles. The minimum absolute atomic E-state index is 0. The highest BCUT2D eigenvalue weighted by atomic mass is 16.5. The van der Waals surface area contributed by atoms with Crippen molar-refractivity contribution in [2.24, 2.45) is 0 Å². The lowest BCUT2D eigenvalue weighted by molar-refractivity contribution is 0.0738. The predicted molar refractivity (Wildman–Crippen MR) is 138 cm³/mol. The summed E-state index contributed by atoms with van der Waals surface area (Å²) in [6.45, 7) is 9.47. The second-order valence-electron chi connectivity index (χ2n) is 9.40. The molecule has 0 radical (unpaired) electrons. The Morgan fingerprint density at radius 2 is 1.80 bits per heavy atom. The number of ether oxygens (including phenoxy) is 1. The van der Waals surface area contributed by atoms with E-state index in [0.29, 0.717) is 29.4 Å². The second-order valence-corrected chi connectivity index (χ2v) is 9.40. The summed E-state index contributed by atoms with van der Waals surface area (Å²) in [5.74, 6) is 1.92. The first-order valence-corrected chi connectivity index (χ1v) is 12.3. The van der Waals surface area contributed by atoms with E-state index in [1.807, 2.05) is 13.0 Å². The van der Waals surface area contributed by atoms with E-state index in [0.717, 1.165) is 91.8 Å². The van der Waals surface area contributed by atoms with Gasteiger partial charge in [-0.05, 0) is 69.2 Å². The van der Waals surface area contributed by atoms with Gasteiger partial charge in [0.2, 0.25) is 0 Å². The van der Waals surface area contributed by atoms with E-state index in [1.165, 1.54) is 0 Å². The molecule has 3 aromatic rings. The fourth-order valence-corrected chi connectivity index (χ4v) is 5.19. The Bertz CT molecular complexity index is 1220. The van der Waals surface area contributed by atoms with Crippen molar-refractivity contribution < 1.29 is 9.26 Å². The number of anilines is 1. The van der Waals surface area contributed by atoms with Gasteiger partial charge in [-0.3, -0.25) is 0 Å². The van der Waals surface area contributed by atoms with Gasteiger partial charge in [0.15, 0.2) is 5.82 Å². The van der Waals surface area contributed by atoms with Crippen LogP contribution in [0.4, 0.5) is 5.82 Å². The summed E-state index contributed by atoms with van der Waals surface area (Å²) in [4.78, 5) is 11.9. The molecular formula is C27H36N6O2. The number of hydrogen-bond donors (Lipinski definition) is 1. The Kier molecular flexibility index (Phi) is 7.68. The molecule has 2 aliphatic rings. The number of nitrogens with zero attached hydrogens (tertiary/aromatic N) is 5. The van der Waals surface area contributed by atoms with Gasteiger partial charge in [0.05, 0.1) is 16.6 Å². The molecule has 0 aliphatic carbocycles. The zero-order valence-corrected chi connectivity index (χ0v) is 20.2. The van der Waals surface area contributed by atoms with Crippen LogP contribution in [0.25, 0.3) is 22.4 Å². The first-order valence-electron chi connectivity index (χ1n) is 12.3. The van der Waals surface area contributed by atoms with Gasteiger partial charge in [-0.1, -0.05) is 19.5 Å². The number of nitrogens with one attached hydrogen (secondary N) is 1. The normalized spacial score (nSPS) is 17.4. The molecular weight excluding hydrogens is 440 g/mol. The highest BCUT2D eigenvalue weighted by Crippen LogP contribution is 2.38. The average molecular weight is 477 g/mol. The number of nitriles is 1. The SMILES string of the molecule is C.CCc1cc(C#N)c2nc(N3CCC(NC4CCOCC4)CC3)c(-c3nc(C)no3)c(C)c2c1. The number of fused-ring (bicyclic) bond motifs is 1. The van der Waals surface area contributed by atoms with Crippen molar-refractivity contribution in [2.75, 3.05) is 31.2 Å². The van der Waals surface area contributed by atoms with Gasteiger partial charge in [0.1, 0.15) is 11.9 Å². The van der Waals surface area contributed by atoms with Crippen LogP contribution in [0, 0.1) is 25.2 Å². The van der Waals surface area contributed by atoms with Crippen LogP contribution in [0.15, 0.2) is 16.7 Å². The van der Waals surface area contributed by atoms with Crippen LogP contribution >= 0.6 is 0 Å². The van der Waals surface area contributed by atoms with Crippen LogP contribution in [0.5, 0.6) is 0 Å². The first-order chi connectivity index (χ1) is 16.6. The van der Waals surface area contributed by atoms with Gasteiger partial charge in [-0.2, -0.15) is 10.2 Å². The number of benzene rings is 1. The van der Waals surface area contributed by atoms with Gasteiger partial charge in [-0.25, -0.2) is 4.98 Å². The van der Waals surface area contributed by atoms with Gasteiger partial charge in [0.25, 0.3) is 5.89 Å². The first kappa shape index (κ1) is 25.1. The molecule has 8 heteroatoms. The summed E-state index contributed by atoms with van der Waals surface area (Å²) in [6.07, 6.45) is 5.11. The summed E-state index contributed by atoms with van der Waals surface area (Å²) >= 11 is 0. The lowest BCUT2D eigenvalue weighted by Crippen LogP contribution is -2.48. The number of rotatable bonds is 5. The van der Waals surface area contributed by atoms with E-state index in [4.69, 9.17) is 14.2 Å². The van der Waals surface area contributed by atoms with E-state index in [9.17, 15) is 5.26 Å². The van der Waals surface area contributed by atoms with Gasteiger partial charge in [-0.15, -0.1) is 0 Å². The number of piperidine rings is 1. The van der Waals surface area contributed by atoms with Crippen molar-refractivity contribution in [1.29, 1.82) is 5.26 Å². The molecule has 0 saturated carbocycles. The fourth-order valence-electron chi connectivity index (χ4n) is 5.19. The van der Waals surface area contributed by atoms with Gasteiger partial charge < -0.3 is 19.5 Å². The monoisotopic (exact) mass is 476 g/mol. The van der Waals surface area contributed by atoms with Gasteiger partial charge in [0, 0.05) is 43.8 Å². The zero-order chi connectivity index (χ0) is 23.7. The van der Waals surface area contributed by atoms with Crippen molar-refractivity contribution >= 4 is 16.7 Å². The maximum atomic E-state index is 9.87. The van der Waals surface area contributed by atoms with Crippen LogP contribution in [-0.2, 0) is 11.2 Å². The molecule has 0 unspecified atom stereocenters. The molecule has 1 N–H and O–H groups in total. The van der Waals surface area contributed by atoms with Crippen molar-refractivity contribution in [1.82, 2.24) is 20.4 Å². The lowest BCUT2D eigenvalue weighted by Gasteiger charge is -2.37. The summed E-state index contributed by atoms with van der Waals surface area (Å²) in [5.41, 5.74) is 4.38. The van der Waals surface area contributed by atoms with Crippen molar-refractivity contribution in [2.45, 2.75) is 72.4 Å². The van der Waals surface area contributed by atoms with Crippen LogP contribution in [0.3, 0.4) is 0 Å². The molecule has 2 aliphatic heterocycles. The third kappa shape index (κ3) is 5.02. The highest BCUT2D eigenvalue weighted by Gasteiger charge is 2.28. The molecule has 0 atom stereocenters. The van der Waals surface area contributed by atoms with Crippen LogP contribution in [-0.4, -0.2) is 53.5 Å². The Morgan fingerprint density at radius 3 is 2.43 bits per heavy atom. The second kappa shape index (κ2) is 10.7. The number of pyridine rings is 1. The third-order valence-corrected chi connectivity index (χ3v) is 7.15. The van der Waals surface area contributed by atoms with Crippen molar-refractivity contribution in [3.05, 3.63) is 34.6 Å². The number of aromatic nitrogens is 3. The smallest absolute Gasteiger partial charge is 0.261 e. The topological polar surface area (TPSA) is 100 Å². The van der Waals surface area contributed by atoms with Gasteiger partial charge >= 0.3 is 0 Å². The van der Waals surface area contributed by atoms with E-state index >= 15 is 0 Å². The Morgan fingerprint density at radius 1 is 1.09 bits per heavy atom. The molecule has 0 spiro atoms. The molecule has 0 bridgehead atoms. The molecule has 5 rings (SSSR count). The minimum atomic E-state index is 0. The molecule has 1 aromatic carbocycles. The minimum Gasteiger partial charge on any atom is -0.381 e.